The molecule has 4 heteroatoms. The van der Waals surface area contributed by atoms with Crippen LogP contribution in [0.25, 0.3) is 0 Å². The summed E-state index contributed by atoms with van der Waals surface area (Å²) < 4.78 is 5.28. The summed E-state index contributed by atoms with van der Waals surface area (Å²) in [6.07, 6.45) is 8.75. The minimum atomic E-state index is 0.295. The van der Waals surface area contributed by atoms with E-state index >= 15 is 0 Å². The first-order chi connectivity index (χ1) is 9.27. The summed E-state index contributed by atoms with van der Waals surface area (Å²) in [4.78, 5) is 16.5. The molecule has 2 rings (SSSR count). The van der Waals surface area contributed by atoms with Gasteiger partial charge in [0.1, 0.15) is 0 Å². The fourth-order valence-corrected chi connectivity index (χ4v) is 3.12. The van der Waals surface area contributed by atoms with E-state index in [-0.39, 0.29) is 0 Å². The monoisotopic (exact) mass is 268 g/mol. The van der Waals surface area contributed by atoms with Crippen LogP contribution in [0.3, 0.4) is 0 Å². The lowest BCUT2D eigenvalue weighted by Crippen LogP contribution is -2.42. The quantitative estimate of drug-likeness (QED) is 0.730. The van der Waals surface area contributed by atoms with Crippen LogP contribution >= 0.6 is 0 Å². The lowest BCUT2D eigenvalue weighted by molar-refractivity contribution is -0.135. The number of carbonyl (C=O) groups is 1. The minimum absolute atomic E-state index is 0.295. The number of hydrogen-bond donors (Lipinski definition) is 0. The largest absolute Gasteiger partial charge is 0.378 e. The van der Waals surface area contributed by atoms with E-state index in [4.69, 9.17) is 4.74 Å². The Balaban J connectivity index is 1.69. The van der Waals surface area contributed by atoms with Gasteiger partial charge in [-0.2, -0.15) is 0 Å². The van der Waals surface area contributed by atoms with Gasteiger partial charge in [-0.3, -0.25) is 4.79 Å². The van der Waals surface area contributed by atoms with Crippen LogP contribution in [-0.2, 0) is 9.53 Å². The van der Waals surface area contributed by atoms with Gasteiger partial charge in [0.2, 0.25) is 5.91 Å². The molecule has 1 heterocycles. The fourth-order valence-electron chi connectivity index (χ4n) is 3.12. The van der Waals surface area contributed by atoms with E-state index < -0.39 is 0 Å². The number of morpholine rings is 1. The Morgan fingerprint density at radius 1 is 1.16 bits per heavy atom. The first kappa shape index (κ1) is 14.8. The Morgan fingerprint density at radius 3 is 2.42 bits per heavy atom. The molecule has 1 saturated heterocycles. The molecule has 2 aliphatic rings. The van der Waals surface area contributed by atoms with Crippen LogP contribution < -0.4 is 0 Å². The molecule has 110 valence electrons. The molecule has 4 nitrogen and oxygen atoms in total. The summed E-state index contributed by atoms with van der Waals surface area (Å²) in [6.45, 7) is 3.84. The Labute approximate surface area is 117 Å². The predicted molar refractivity (Wildman–Crippen MR) is 76.1 cm³/mol. The first-order valence-corrected chi connectivity index (χ1v) is 7.83. The van der Waals surface area contributed by atoms with Gasteiger partial charge < -0.3 is 14.5 Å². The zero-order chi connectivity index (χ0) is 13.5. The summed E-state index contributed by atoms with van der Waals surface area (Å²) >= 11 is 0. The van der Waals surface area contributed by atoms with Crippen LogP contribution in [0.15, 0.2) is 0 Å². The Hall–Kier alpha value is -0.610. The SMILES string of the molecule is CN(CCC(=O)N1CCOCC1)C1CCCCCC1. The highest BCUT2D eigenvalue weighted by molar-refractivity contribution is 5.76. The molecular formula is C15H28N2O2. The van der Waals surface area contributed by atoms with Crippen molar-refractivity contribution in [2.24, 2.45) is 0 Å². The van der Waals surface area contributed by atoms with Crippen molar-refractivity contribution in [1.29, 1.82) is 0 Å². The van der Waals surface area contributed by atoms with Crippen LogP contribution in [0.1, 0.15) is 44.9 Å². The number of hydrogen-bond acceptors (Lipinski definition) is 3. The fraction of sp³-hybridized carbons (Fsp3) is 0.933. The number of ether oxygens (including phenoxy) is 1. The van der Waals surface area contributed by atoms with Gasteiger partial charge in [0.05, 0.1) is 13.2 Å². The smallest absolute Gasteiger partial charge is 0.224 e. The van der Waals surface area contributed by atoms with E-state index in [0.717, 1.165) is 19.6 Å². The summed E-state index contributed by atoms with van der Waals surface area (Å²) in [5.74, 6) is 0.295. The van der Waals surface area contributed by atoms with Crippen molar-refractivity contribution in [3.63, 3.8) is 0 Å². The first-order valence-electron chi connectivity index (χ1n) is 7.83. The molecule has 0 radical (unpaired) electrons. The average molecular weight is 268 g/mol. The molecule has 1 amide bonds. The van der Waals surface area contributed by atoms with E-state index in [1.807, 2.05) is 4.90 Å². The van der Waals surface area contributed by atoms with Gasteiger partial charge in [0, 0.05) is 32.1 Å². The van der Waals surface area contributed by atoms with E-state index in [2.05, 4.69) is 11.9 Å². The highest BCUT2D eigenvalue weighted by Gasteiger charge is 2.20. The topological polar surface area (TPSA) is 32.8 Å². The third-order valence-electron chi connectivity index (χ3n) is 4.49. The molecule has 2 fully saturated rings. The Morgan fingerprint density at radius 2 is 1.79 bits per heavy atom. The molecular weight excluding hydrogens is 240 g/mol. The van der Waals surface area contributed by atoms with Gasteiger partial charge >= 0.3 is 0 Å². The summed E-state index contributed by atoms with van der Waals surface area (Å²) in [6, 6.07) is 0.694. The molecule has 1 saturated carbocycles. The Kier molecular flexibility index (Phi) is 6.11. The number of amides is 1. The molecule has 0 aromatic rings. The second-order valence-electron chi connectivity index (χ2n) is 5.87. The van der Waals surface area contributed by atoms with E-state index in [1.54, 1.807) is 0 Å². The third kappa shape index (κ3) is 4.77. The zero-order valence-corrected chi connectivity index (χ0v) is 12.3. The highest BCUT2D eigenvalue weighted by Crippen LogP contribution is 2.21. The molecule has 19 heavy (non-hydrogen) atoms. The molecule has 0 unspecified atom stereocenters. The zero-order valence-electron chi connectivity index (χ0n) is 12.3. The van der Waals surface area contributed by atoms with Crippen molar-refractivity contribution in [1.82, 2.24) is 9.80 Å². The molecule has 0 aromatic heterocycles. The number of rotatable bonds is 4. The maximum absolute atomic E-state index is 12.1. The van der Waals surface area contributed by atoms with E-state index in [0.29, 0.717) is 31.6 Å². The standard InChI is InChI=1S/C15H28N2O2/c1-16(14-6-4-2-3-5-7-14)9-8-15(18)17-10-12-19-13-11-17/h14H,2-13H2,1H3. The molecule has 0 atom stereocenters. The summed E-state index contributed by atoms with van der Waals surface area (Å²) in [7, 11) is 2.18. The van der Waals surface area contributed by atoms with Crippen LogP contribution in [0.4, 0.5) is 0 Å². The van der Waals surface area contributed by atoms with Crippen molar-refractivity contribution < 1.29 is 9.53 Å². The van der Waals surface area contributed by atoms with E-state index in [1.165, 1.54) is 38.5 Å². The maximum Gasteiger partial charge on any atom is 0.224 e. The summed E-state index contributed by atoms with van der Waals surface area (Å²) in [5, 5.41) is 0. The van der Waals surface area contributed by atoms with Gasteiger partial charge in [-0.05, 0) is 19.9 Å². The van der Waals surface area contributed by atoms with Gasteiger partial charge in [0.15, 0.2) is 0 Å². The van der Waals surface area contributed by atoms with Crippen molar-refractivity contribution in [2.45, 2.75) is 51.0 Å². The molecule has 1 aliphatic heterocycles. The maximum atomic E-state index is 12.1. The number of carbonyl (C=O) groups excluding carboxylic acids is 1. The van der Waals surface area contributed by atoms with Crippen LogP contribution in [0.2, 0.25) is 0 Å². The molecule has 0 bridgehead atoms. The van der Waals surface area contributed by atoms with Crippen LogP contribution in [0.5, 0.6) is 0 Å². The average Bonchev–Trinajstić information content (AvgIpc) is 2.74. The summed E-state index contributed by atoms with van der Waals surface area (Å²) in [5.41, 5.74) is 0. The lowest BCUT2D eigenvalue weighted by Gasteiger charge is -2.30. The Bertz CT molecular complexity index is 269. The third-order valence-corrected chi connectivity index (χ3v) is 4.49. The van der Waals surface area contributed by atoms with E-state index in [9.17, 15) is 4.79 Å². The second kappa shape index (κ2) is 7.85. The van der Waals surface area contributed by atoms with Crippen molar-refractivity contribution in [3.8, 4) is 0 Å². The van der Waals surface area contributed by atoms with Crippen LogP contribution in [-0.4, -0.2) is 61.6 Å². The lowest BCUT2D eigenvalue weighted by atomic mass is 10.1. The van der Waals surface area contributed by atoms with Gasteiger partial charge in [-0.15, -0.1) is 0 Å². The van der Waals surface area contributed by atoms with Crippen molar-refractivity contribution in [2.75, 3.05) is 39.9 Å². The van der Waals surface area contributed by atoms with Gasteiger partial charge in [-0.25, -0.2) is 0 Å². The molecule has 0 spiro atoms. The predicted octanol–water partition coefficient (Wildman–Crippen LogP) is 1.89. The second-order valence-corrected chi connectivity index (χ2v) is 5.87. The van der Waals surface area contributed by atoms with Gasteiger partial charge in [0.25, 0.3) is 0 Å². The van der Waals surface area contributed by atoms with Crippen LogP contribution in [0, 0.1) is 0 Å². The number of nitrogens with zero attached hydrogens (tertiary/aromatic N) is 2. The van der Waals surface area contributed by atoms with Crippen molar-refractivity contribution >= 4 is 5.91 Å². The molecule has 0 aromatic carbocycles. The highest BCUT2D eigenvalue weighted by atomic mass is 16.5. The normalized spacial score (nSPS) is 22.5. The van der Waals surface area contributed by atoms with Crippen molar-refractivity contribution in [3.05, 3.63) is 0 Å². The minimum Gasteiger partial charge on any atom is -0.378 e. The van der Waals surface area contributed by atoms with Gasteiger partial charge in [-0.1, -0.05) is 25.7 Å². The molecule has 1 aliphatic carbocycles. The molecule has 0 N–H and O–H groups in total.